The Morgan fingerprint density at radius 2 is 2.00 bits per heavy atom. The van der Waals surface area contributed by atoms with Crippen molar-refractivity contribution in [3.05, 3.63) is 0 Å². The maximum absolute atomic E-state index is 9.13. The molecule has 0 saturated carbocycles. The predicted octanol–water partition coefficient (Wildman–Crippen LogP) is -2.31. The molecule has 2 N–H and O–H groups in total. The van der Waals surface area contributed by atoms with Crippen LogP contribution in [0.5, 0.6) is 0 Å². The third-order valence-corrected chi connectivity index (χ3v) is 0.167. The minimum atomic E-state index is -1.22. The van der Waals surface area contributed by atoms with Crippen LogP contribution in [0.4, 0.5) is 0 Å². The fraction of sp³-hybridized carbons (Fsp3) is 0.500. The quantitative estimate of drug-likeness (QED) is 0.429. The van der Waals surface area contributed by atoms with Crippen molar-refractivity contribution in [1.82, 2.24) is 0 Å². The first-order chi connectivity index (χ1) is 2.27. The molecular formula is C2H4CrNO2+2. The van der Waals surface area contributed by atoms with Gasteiger partial charge < -0.3 is 15.6 Å². The molecule has 0 unspecified atom stereocenters. The van der Waals surface area contributed by atoms with Crippen molar-refractivity contribution < 1.29 is 27.3 Å². The molecule has 4 heteroatoms. The summed E-state index contributed by atoms with van der Waals surface area (Å²) in [6.07, 6.45) is 0. The number of rotatable bonds is 1. The number of carboxylic acid groups (broad SMARTS) is 1. The Balaban J connectivity index is 0. The number of nitrogens with two attached hydrogens (primary N) is 1. The van der Waals surface area contributed by atoms with Crippen molar-refractivity contribution in [3.63, 3.8) is 0 Å². The van der Waals surface area contributed by atoms with Crippen molar-refractivity contribution in [2.24, 2.45) is 5.73 Å². The first-order valence-corrected chi connectivity index (χ1v) is 1.17. The molecule has 0 bridgehead atoms. The van der Waals surface area contributed by atoms with Crippen LogP contribution in [0.1, 0.15) is 0 Å². The normalized spacial score (nSPS) is 6.17. The SMILES string of the molecule is NCC(=O)[O-].[Cr+3]. The number of carbonyl (C=O) groups excluding carboxylic acids is 1. The van der Waals surface area contributed by atoms with Gasteiger partial charge in [-0.25, -0.2) is 0 Å². The van der Waals surface area contributed by atoms with Gasteiger partial charge in [-0.1, -0.05) is 0 Å². The molecule has 3 nitrogen and oxygen atoms in total. The molecule has 0 rings (SSSR count). The maximum Gasteiger partial charge on any atom is 3.00 e. The minimum absolute atomic E-state index is 0. The summed E-state index contributed by atoms with van der Waals surface area (Å²) in [6, 6.07) is 0. The van der Waals surface area contributed by atoms with Gasteiger partial charge in [0.05, 0.1) is 5.97 Å². The largest absolute Gasteiger partial charge is 3.00 e. The number of hydrogen-bond donors (Lipinski definition) is 1. The Morgan fingerprint density at radius 3 is 2.00 bits per heavy atom. The number of aliphatic carboxylic acids is 1. The standard InChI is InChI=1S/C2H5NO2.Cr/c3-1-2(4)5;/h1,3H2,(H,4,5);/q;+3/p-1. The summed E-state index contributed by atoms with van der Waals surface area (Å²) in [5.74, 6) is -1.22. The summed E-state index contributed by atoms with van der Waals surface area (Å²) in [4.78, 5) is 9.13. The molecule has 0 amide bonds. The zero-order valence-corrected chi connectivity index (χ0v) is 4.28. The van der Waals surface area contributed by atoms with Crippen LogP contribution in [0.25, 0.3) is 0 Å². The van der Waals surface area contributed by atoms with E-state index < -0.39 is 5.97 Å². The van der Waals surface area contributed by atoms with E-state index in [1.165, 1.54) is 0 Å². The van der Waals surface area contributed by atoms with Crippen molar-refractivity contribution in [2.45, 2.75) is 0 Å². The van der Waals surface area contributed by atoms with Gasteiger partial charge in [-0.3, -0.25) is 0 Å². The summed E-state index contributed by atoms with van der Waals surface area (Å²) in [5, 5.41) is 9.13. The van der Waals surface area contributed by atoms with Crippen LogP contribution < -0.4 is 10.8 Å². The van der Waals surface area contributed by atoms with Crippen molar-refractivity contribution in [1.29, 1.82) is 0 Å². The van der Waals surface area contributed by atoms with Gasteiger partial charge in [0.15, 0.2) is 0 Å². The molecule has 0 spiro atoms. The molecule has 6 heavy (non-hydrogen) atoms. The van der Waals surface area contributed by atoms with E-state index in [4.69, 9.17) is 9.90 Å². The molecule has 0 aromatic rings. The first kappa shape index (κ1) is 9.35. The zero-order chi connectivity index (χ0) is 4.28. The Kier molecular flexibility index (Phi) is 7.73. The van der Waals surface area contributed by atoms with E-state index in [0.717, 1.165) is 0 Å². The van der Waals surface area contributed by atoms with Gasteiger partial charge in [-0.2, -0.15) is 0 Å². The molecule has 0 aliphatic rings. The van der Waals surface area contributed by atoms with Crippen molar-refractivity contribution in [3.8, 4) is 0 Å². The Labute approximate surface area is 46.3 Å². The van der Waals surface area contributed by atoms with Gasteiger partial charge >= 0.3 is 17.4 Å². The summed E-state index contributed by atoms with van der Waals surface area (Å²) in [7, 11) is 0. The van der Waals surface area contributed by atoms with Crippen LogP contribution in [0.3, 0.4) is 0 Å². The fourth-order valence-electron chi connectivity index (χ4n) is 0. The third-order valence-electron chi connectivity index (χ3n) is 0.167. The van der Waals surface area contributed by atoms with Crippen LogP contribution in [0.15, 0.2) is 0 Å². The maximum atomic E-state index is 9.13. The Bertz CT molecular complexity index is 46.8. The van der Waals surface area contributed by atoms with E-state index in [1.807, 2.05) is 0 Å². The monoisotopic (exact) mass is 126 g/mol. The van der Waals surface area contributed by atoms with Gasteiger partial charge in [-0.15, -0.1) is 0 Å². The predicted molar refractivity (Wildman–Crippen MR) is 14.1 cm³/mol. The second-order valence-electron chi connectivity index (χ2n) is 0.576. The van der Waals surface area contributed by atoms with E-state index in [9.17, 15) is 0 Å². The Hall–Kier alpha value is -0.0375. The zero-order valence-electron chi connectivity index (χ0n) is 3.01. The summed E-state index contributed by atoms with van der Waals surface area (Å²) in [6.45, 7) is -0.389. The van der Waals surface area contributed by atoms with E-state index in [2.05, 4.69) is 5.73 Å². The van der Waals surface area contributed by atoms with Gasteiger partial charge in [-0.05, 0) is 0 Å². The number of carboxylic acids is 1. The minimum Gasteiger partial charge on any atom is -0.549 e. The third kappa shape index (κ3) is 9.03. The molecule has 0 aliphatic heterocycles. The number of hydrogen-bond acceptors (Lipinski definition) is 3. The molecule has 1 radical (unpaired) electrons. The molecule has 0 heterocycles. The van der Waals surface area contributed by atoms with Crippen molar-refractivity contribution in [2.75, 3.05) is 6.54 Å². The van der Waals surface area contributed by atoms with Crippen LogP contribution in [0.2, 0.25) is 0 Å². The van der Waals surface area contributed by atoms with E-state index in [1.54, 1.807) is 0 Å². The molecule has 0 fully saturated rings. The number of carbonyl (C=O) groups is 1. The molecule has 0 aromatic carbocycles. The van der Waals surface area contributed by atoms with Crippen LogP contribution in [-0.2, 0) is 22.2 Å². The van der Waals surface area contributed by atoms with Crippen molar-refractivity contribution >= 4 is 5.97 Å². The molecule has 0 aromatic heterocycles. The second-order valence-corrected chi connectivity index (χ2v) is 0.576. The molecule has 0 aliphatic carbocycles. The van der Waals surface area contributed by atoms with Gasteiger partial charge in [0, 0.05) is 6.54 Å². The molecular weight excluding hydrogens is 122 g/mol. The molecule has 0 saturated heterocycles. The van der Waals surface area contributed by atoms with Crippen LogP contribution in [-0.4, -0.2) is 12.5 Å². The fourth-order valence-corrected chi connectivity index (χ4v) is 0. The van der Waals surface area contributed by atoms with E-state index in [0.29, 0.717) is 0 Å². The Morgan fingerprint density at radius 1 is 1.83 bits per heavy atom. The summed E-state index contributed by atoms with van der Waals surface area (Å²) < 4.78 is 0. The molecule has 0 atom stereocenters. The van der Waals surface area contributed by atoms with Crippen LogP contribution in [0, 0.1) is 0 Å². The summed E-state index contributed by atoms with van der Waals surface area (Å²) >= 11 is 0. The molecule has 33 valence electrons. The summed E-state index contributed by atoms with van der Waals surface area (Å²) in [5.41, 5.74) is 4.51. The average Bonchev–Trinajstić information content (AvgIpc) is 1.38. The second kappa shape index (κ2) is 4.96. The van der Waals surface area contributed by atoms with Gasteiger partial charge in [0.25, 0.3) is 0 Å². The first-order valence-electron chi connectivity index (χ1n) is 1.17. The van der Waals surface area contributed by atoms with E-state index >= 15 is 0 Å². The average molecular weight is 126 g/mol. The van der Waals surface area contributed by atoms with Gasteiger partial charge in [0.2, 0.25) is 0 Å². The van der Waals surface area contributed by atoms with Gasteiger partial charge in [0.1, 0.15) is 0 Å². The smallest absolute Gasteiger partial charge is 0.549 e. The van der Waals surface area contributed by atoms with E-state index in [-0.39, 0.29) is 23.9 Å². The topological polar surface area (TPSA) is 66.2 Å². The van der Waals surface area contributed by atoms with Crippen LogP contribution >= 0.6 is 0 Å².